The molecule has 1 aliphatic rings. The van der Waals surface area contributed by atoms with E-state index in [-0.39, 0.29) is 11.6 Å². The summed E-state index contributed by atoms with van der Waals surface area (Å²) >= 11 is 0. The number of aryl methyl sites for hydroxylation is 1. The number of rotatable bonds is 4. The van der Waals surface area contributed by atoms with Crippen molar-refractivity contribution >= 4 is 17.3 Å². The van der Waals surface area contributed by atoms with Crippen LogP contribution in [0.3, 0.4) is 0 Å². The fraction of sp³-hybridized carbons (Fsp3) is 0.632. The lowest BCUT2D eigenvalue weighted by Gasteiger charge is -2.34. The first-order chi connectivity index (χ1) is 10.7. The van der Waals surface area contributed by atoms with E-state index in [9.17, 15) is 4.79 Å². The highest BCUT2D eigenvalue weighted by atomic mass is 16.6. The molecule has 0 aliphatic carbocycles. The summed E-state index contributed by atoms with van der Waals surface area (Å²) in [5.41, 5.74) is 8.78. The molecule has 0 bridgehead atoms. The first kappa shape index (κ1) is 17.6. The van der Waals surface area contributed by atoms with E-state index in [1.807, 2.05) is 32.9 Å². The summed E-state index contributed by atoms with van der Waals surface area (Å²) in [7, 11) is 0. The Hall–Kier alpha value is -1.71. The third-order valence-corrected chi connectivity index (χ3v) is 4.35. The lowest BCUT2D eigenvalue weighted by Crippen LogP contribution is -2.34. The van der Waals surface area contributed by atoms with Crippen LogP contribution in [-0.2, 0) is 9.53 Å². The Morgan fingerprint density at radius 3 is 2.52 bits per heavy atom. The molecule has 0 atom stereocenters. The third kappa shape index (κ3) is 5.45. The number of carbonyl (C=O) groups is 1. The van der Waals surface area contributed by atoms with Crippen LogP contribution in [0.25, 0.3) is 0 Å². The first-order valence-corrected chi connectivity index (χ1v) is 8.57. The third-order valence-electron chi connectivity index (χ3n) is 4.35. The normalized spacial score (nSPS) is 16.4. The molecule has 1 aliphatic heterocycles. The minimum Gasteiger partial charge on any atom is -0.460 e. The Morgan fingerprint density at radius 1 is 1.30 bits per heavy atom. The molecule has 2 N–H and O–H groups in total. The molecule has 1 fully saturated rings. The highest BCUT2D eigenvalue weighted by molar-refractivity contribution is 5.69. The number of carbonyl (C=O) groups excluding carboxylic acids is 1. The fourth-order valence-electron chi connectivity index (χ4n) is 3.21. The van der Waals surface area contributed by atoms with Gasteiger partial charge in [-0.2, -0.15) is 0 Å². The average molecular weight is 318 g/mol. The number of nitrogens with zero attached hydrogens (tertiary/aromatic N) is 1. The van der Waals surface area contributed by atoms with Gasteiger partial charge in [-0.15, -0.1) is 0 Å². The number of piperidine rings is 1. The van der Waals surface area contributed by atoms with E-state index in [4.69, 9.17) is 10.5 Å². The van der Waals surface area contributed by atoms with Gasteiger partial charge in [0.05, 0.1) is 0 Å². The second kappa shape index (κ2) is 7.24. The van der Waals surface area contributed by atoms with E-state index >= 15 is 0 Å². The molecule has 0 saturated carbocycles. The van der Waals surface area contributed by atoms with Crippen LogP contribution in [0.4, 0.5) is 11.4 Å². The largest absolute Gasteiger partial charge is 0.460 e. The van der Waals surface area contributed by atoms with Crippen LogP contribution in [-0.4, -0.2) is 24.7 Å². The van der Waals surface area contributed by atoms with E-state index < -0.39 is 0 Å². The molecular weight excluding hydrogens is 288 g/mol. The molecule has 2 rings (SSSR count). The van der Waals surface area contributed by atoms with Crippen molar-refractivity contribution in [1.82, 2.24) is 0 Å². The lowest BCUT2D eigenvalue weighted by molar-refractivity contribution is -0.155. The van der Waals surface area contributed by atoms with Crippen molar-refractivity contribution in [2.24, 2.45) is 5.92 Å². The van der Waals surface area contributed by atoms with E-state index in [2.05, 4.69) is 17.9 Å². The van der Waals surface area contributed by atoms with Crippen molar-refractivity contribution in [3.8, 4) is 0 Å². The number of hydrogen-bond donors (Lipinski definition) is 1. The van der Waals surface area contributed by atoms with Crippen molar-refractivity contribution in [1.29, 1.82) is 0 Å². The molecule has 0 unspecified atom stereocenters. The van der Waals surface area contributed by atoms with Crippen LogP contribution in [0.1, 0.15) is 52.0 Å². The van der Waals surface area contributed by atoms with Crippen LogP contribution in [0.2, 0.25) is 0 Å². The van der Waals surface area contributed by atoms with Gasteiger partial charge in [0.25, 0.3) is 0 Å². The molecule has 128 valence electrons. The second-order valence-electron chi connectivity index (χ2n) is 7.60. The lowest BCUT2D eigenvalue weighted by atomic mass is 9.91. The van der Waals surface area contributed by atoms with Crippen LogP contribution >= 0.6 is 0 Å². The van der Waals surface area contributed by atoms with Crippen molar-refractivity contribution in [3.63, 3.8) is 0 Å². The number of ether oxygens (including phenoxy) is 1. The summed E-state index contributed by atoms with van der Waals surface area (Å²) in [6.45, 7) is 9.95. The Balaban J connectivity index is 1.79. The summed E-state index contributed by atoms with van der Waals surface area (Å²) in [5.74, 6) is 0.544. The van der Waals surface area contributed by atoms with Crippen molar-refractivity contribution < 1.29 is 9.53 Å². The number of hydrogen-bond acceptors (Lipinski definition) is 4. The topological polar surface area (TPSA) is 55.6 Å². The van der Waals surface area contributed by atoms with Crippen molar-refractivity contribution in [2.45, 2.75) is 59.0 Å². The minimum atomic E-state index is -0.382. The van der Waals surface area contributed by atoms with Crippen LogP contribution in [0.15, 0.2) is 18.2 Å². The van der Waals surface area contributed by atoms with Crippen LogP contribution < -0.4 is 10.6 Å². The predicted molar refractivity (Wildman–Crippen MR) is 95.6 cm³/mol. The van der Waals surface area contributed by atoms with Gasteiger partial charge in [-0.1, -0.05) is 0 Å². The summed E-state index contributed by atoms with van der Waals surface area (Å²) in [4.78, 5) is 14.2. The van der Waals surface area contributed by atoms with E-state index in [1.165, 1.54) is 11.3 Å². The standard InChI is InChI=1S/C19H30N2O2/c1-14-13-16(20)6-7-17(14)21-11-9-15(10-12-21)5-8-18(22)23-19(2,3)4/h6-7,13,15H,5,8-12,20H2,1-4H3. The molecule has 0 radical (unpaired) electrons. The van der Waals surface area contributed by atoms with Gasteiger partial charge in [0.2, 0.25) is 0 Å². The van der Waals surface area contributed by atoms with Gasteiger partial charge in [0.1, 0.15) is 5.60 Å². The van der Waals surface area contributed by atoms with Gasteiger partial charge >= 0.3 is 5.97 Å². The van der Waals surface area contributed by atoms with Gasteiger partial charge in [0.15, 0.2) is 0 Å². The summed E-state index contributed by atoms with van der Waals surface area (Å²) in [6.07, 6.45) is 3.73. The van der Waals surface area contributed by atoms with Crippen molar-refractivity contribution in [3.05, 3.63) is 23.8 Å². The molecule has 0 amide bonds. The zero-order valence-corrected chi connectivity index (χ0v) is 14.9. The summed E-state index contributed by atoms with van der Waals surface area (Å²) in [6, 6.07) is 6.12. The zero-order valence-electron chi connectivity index (χ0n) is 14.9. The van der Waals surface area contributed by atoms with Gasteiger partial charge in [-0.3, -0.25) is 4.79 Å². The fourth-order valence-corrected chi connectivity index (χ4v) is 3.21. The van der Waals surface area contributed by atoms with Gasteiger partial charge in [-0.25, -0.2) is 0 Å². The van der Waals surface area contributed by atoms with Gasteiger partial charge < -0.3 is 15.4 Å². The van der Waals surface area contributed by atoms with Crippen LogP contribution in [0.5, 0.6) is 0 Å². The van der Waals surface area contributed by atoms with E-state index in [0.29, 0.717) is 12.3 Å². The molecule has 1 saturated heterocycles. The maximum absolute atomic E-state index is 11.8. The number of anilines is 2. The highest BCUT2D eigenvalue weighted by Gasteiger charge is 2.22. The molecule has 0 aromatic heterocycles. The Bertz CT molecular complexity index is 541. The Morgan fingerprint density at radius 2 is 1.96 bits per heavy atom. The second-order valence-corrected chi connectivity index (χ2v) is 7.60. The molecule has 4 nitrogen and oxygen atoms in total. The van der Waals surface area contributed by atoms with Crippen molar-refractivity contribution in [2.75, 3.05) is 23.7 Å². The molecule has 1 aromatic carbocycles. The number of esters is 1. The summed E-state index contributed by atoms with van der Waals surface area (Å²) in [5, 5.41) is 0. The zero-order chi connectivity index (χ0) is 17.0. The van der Waals surface area contributed by atoms with E-state index in [1.54, 1.807) is 0 Å². The van der Waals surface area contributed by atoms with Crippen LogP contribution in [0, 0.1) is 12.8 Å². The first-order valence-electron chi connectivity index (χ1n) is 8.57. The molecule has 4 heteroatoms. The van der Waals surface area contributed by atoms with Gasteiger partial charge in [0, 0.05) is 30.9 Å². The molecule has 1 aromatic rings. The number of benzene rings is 1. The molecule has 1 heterocycles. The predicted octanol–water partition coefficient (Wildman–Crippen LogP) is 3.92. The SMILES string of the molecule is Cc1cc(N)ccc1N1CCC(CCC(=O)OC(C)(C)C)CC1. The quantitative estimate of drug-likeness (QED) is 0.675. The maximum atomic E-state index is 11.8. The molecule has 0 spiro atoms. The Labute approximate surface area is 140 Å². The number of nitrogens with two attached hydrogens (primary N) is 1. The number of nitrogen functional groups attached to an aromatic ring is 1. The molecule has 23 heavy (non-hydrogen) atoms. The maximum Gasteiger partial charge on any atom is 0.306 e. The monoisotopic (exact) mass is 318 g/mol. The summed E-state index contributed by atoms with van der Waals surface area (Å²) < 4.78 is 5.38. The molecular formula is C19H30N2O2. The minimum absolute atomic E-state index is 0.0747. The average Bonchev–Trinajstić information content (AvgIpc) is 2.44. The smallest absolute Gasteiger partial charge is 0.306 e. The van der Waals surface area contributed by atoms with E-state index in [0.717, 1.165) is 38.0 Å². The highest BCUT2D eigenvalue weighted by Crippen LogP contribution is 2.29. The Kier molecular flexibility index (Phi) is 5.55. The van der Waals surface area contributed by atoms with Gasteiger partial charge in [-0.05, 0) is 76.6 Å².